The molecule has 0 bridgehead atoms. The van der Waals surface area contributed by atoms with Gasteiger partial charge < -0.3 is 0 Å². The summed E-state index contributed by atoms with van der Waals surface area (Å²) in [7, 11) is 0. The van der Waals surface area contributed by atoms with Crippen LogP contribution >= 0.6 is 0 Å². The molecule has 2 heterocycles. The molecule has 6 nitrogen and oxygen atoms in total. The summed E-state index contributed by atoms with van der Waals surface area (Å²) in [6, 6.07) is 0. The van der Waals surface area contributed by atoms with E-state index >= 15 is 0 Å². The first-order valence-corrected chi connectivity index (χ1v) is 5.35. The van der Waals surface area contributed by atoms with Crippen molar-refractivity contribution in [2.24, 2.45) is 0 Å². The van der Waals surface area contributed by atoms with E-state index in [1.165, 1.54) is 4.57 Å². The van der Waals surface area contributed by atoms with Crippen molar-refractivity contribution in [1.29, 1.82) is 0 Å². The van der Waals surface area contributed by atoms with Crippen LogP contribution in [0.2, 0.25) is 0 Å². The Morgan fingerprint density at radius 1 is 1.24 bits per heavy atom. The van der Waals surface area contributed by atoms with Crippen LogP contribution in [0, 0.1) is 13.8 Å². The van der Waals surface area contributed by atoms with Gasteiger partial charge in [-0.1, -0.05) is 0 Å². The monoisotopic (exact) mass is 234 g/mol. The molecule has 0 radical (unpaired) electrons. The van der Waals surface area contributed by atoms with E-state index in [2.05, 4.69) is 10.1 Å². The van der Waals surface area contributed by atoms with Crippen molar-refractivity contribution in [3.63, 3.8) is 0 Å². The van der Waals surface area contributed by atoms with E-state index < -0.39 is 0 Å². The van der Waals surface area contributed by atoms with Gasteiger partial charge in [-0.3, -0.25) is 19.0 Å². The lowest BCUT2D eigenvalue weighted by atomic mass is 10.4. The number of H-pyrrole nitrogens is 1. The van der Waals surface area contributed by atoms with Crippen molar-refractivity contribution < 1.29 is 0 Å². The number of hydrogen-bond acceptors (Lipinski definition) is 3. The predicted octanol–water partition coefficient (Wildman–Crippen LogP) is 0.0501. The number of aromatic nitrogens is 4. The molecule has 0 spiro atoms. The minimum atomic E-state index is -0.385. The first-order valence-electron chi connectivity index (χ1n) is 5.35. The van der Waals surface area contributed by atoms with Crippen molar-refractivity contribution in [2.45, 2.75) is 26.9 Å². The van der Waals surface area contributed by atoms with Crippen LogP contribution in [-0.4, -0.2) is 19.3 Å². The Morgan fingerprint density at radius 2 is 2.00 bits per heavy atom. The molecule has 0 aromatic carbocycles. The third kappa shape index (κ3) is 2.52. The second-order valence-corrected chi connectivity index (χ2v) is 4.05. The molecular formula is C11H14N4O2. The second-order valence-electron chi connectivity index (χ2n) is 4.05. The van der Waals surface area contributed by atoms with E-state index in [0.29, 0.717) is 18.7 Å². The lowest BCUT2D eigenvalue weighted by Gasteiger charge is -2.05. The van der Waals surface area contributed by atoms with Crippen LogP contribution < -0.4 is 11.2 Å². The number of hydrogen-bond donors (Lipinski definition) is 1. The maximum absolute atomic E-state index is 11.5. The molecule has 6 heteroatoms. The van der Waals surface area contributed by atoms with Gasteiger partial charge in [0.2, 0.25) is 0 Å². The Hall–Kier alpha value is -2.11. The first kappa shape index (κ1) is 11.4. The van der Waals surface area contributed by atoms with Crippen molar-refractivity contribution in [1.82, 2.24) is 19.3 Å². The molecular weight excluding hydrogens is 220 g/mol. The molecule has 0 fully saturated rings. The van der Waals surface area contributed by atoms with E-state index in [4.69, 9.17) is 0 Å². The summed E-state index contributed by atoms with van der Waals surface area (Å²) in [6.45, 7) is 4.71. The Labute approximate surface area is 97.5 Å². The molecule has 0 aliphatic carbocycles. The van der Waals surface area contributed by atoms with E-state index in [-0.39, 0.29) is 11.2 Å². The minimum absolute atomic E-state index is 0.332. The fourth-order valence-corrected chi connectivity index (χ4v) is 1.58. The third-order valence-electron chi connectivity index (χ3n) is 2.52. The van der Waals surface area contributed by atoms with Gasteiger partial charge in [-0.15, -0.1) is 0 Å². The van der Waals surface area contributed by atoms with Gasteiger partial charge in [0.05, 0.1) is 12.7 Å². The molecule has 0 aliphatic rings. The maximum atomic E-state index is 11.5. The number of aryl methyl sites for hydroxylation is 4. The highest BCUT2D eigenvalue weighted by molar-refractivity contribution is 5.01. The molecule has 2 aromatic rings. The number of nitrogens with zero attached hydrogens (tertiary/aromatic N) is 3. The van der Waals surface area contributed by atoms with Gasteiger partial charge in [0.1, 0.15) is 0 Å². The average molecular weight is 234 g/mol. The number of nitrogens with one attached hydrogen (secondary N) is 1. The molecule has 0 saturated heterocycles. The zero-order valence-corrected chi connectivity index (χ0v) is 9.80. The largest absolute Gasteiger partial charge is 0.328 e. The summed E-state index contributed by atoms with van der Waals surface area (Å²) >= 11 is 0. The van der Waals surface area contributed by atoms with Crippen molar-refractivity contribution in [3.05, 3.63) is 50.6 Å². The highest BCUT2D eigenvalue weighted by Gasteiger charge is 2.01. The summed E-state index contributed by atoms with van der Waals surface area (Å²) < 4.78 is 3.25. The van der Waals surface area contributed by atoms with Crippen molar-refractivity contribution >= 4 is 0 Å². The fourth-order valence-electron chi connectivity index (χ4n) is 1.58. The van der Waals surface area contributed by atoms with Gasteiger partial charge in [0, 0.05) is 24.5 Å². The lowest BCUT2D eigenvalue weighted by Crippen LogP contribution is -2.31. The van der Waals surface area contributed by atoms with E-state index in [9.17, 15) is 9.59 Å². The molecule has 90 valence electrons. The summed E-state index contributed by atoms with van der Waals surface area (Å²) in [5.74, 6) is 0. The molecule has 2 rings (SSSR count). The standard InChI is InChI=1S/C11H14N4O2/c1-8-5-12-15(6-8)4-3-14-7-9(2)10(16)13-11(14)17/h5-7H,3-4H2,1-2H3,(H,13,16,17). The Balaban J connectivity index is 2.17. The average Bonchev–Trinajstić information content (AvgIpc) is 2.68. The SMILES string of the molecule is Cc1cnn(CCn2cc(C)c(=O)[nH]c2=O)c1. The number of aromatic amines is 1. The van der Waals surface area contributed by atoms with Gasteiger partial charge in [-0.05, 0) is 19.4 Å². The molecule has 0 aliphatic heterocycles. The summed E-state index contributed by atoms with van der Waals surface area (Å²) in [6.07, 6.45) is 5.24. The summed E-state index contributed by atoms with van der Waals surface area (Å²) in [4.78, 5) is 25.0. The van der Waals surface area contributed by atoms with Gasteiger partial charge in [-0.2, -0.15) is 5.10 Å². The maximum Gasteiger partial charge on any atom is 0.328 e. The van der Waals surface area contributed by atoms with Gasteiger partial charge in [0.25, 0.3) is 5.56 Å². The molecule has 0 saturated carbocycles. The predicted molar refractivity (Wildman–Crippen MR) is 63.0 cm³/mol. The normalized spacial score (nSPS) is 10.7. The Bertz CT molecular complexity index is 635. The van der Waals surface area contributed by atoms with Crippen LogP contribution in [0.3, 0.4) is 0 Å². The second kappa shape index (κ2) is 4.40. The Morgan fingerprint density at radius 3 is 2.65 bits per heavy atom. The smallest absolute Gasteiger partial charge is 0.298 e. The van der Waals surface area contributed by atoms with Crippen LogP contribution in [0.1, 0.15) is 11.1 Å². The van der Waals surface area contributed by atoms with E-state index in [1.807, 2.05) is 13.1 Å². The molecule has 0 atom stereocenters. The van der Waals surface area contributed by atoms with E-state index in [1.54, 1.807) is 24.0 Å². The van der Waals surface area contributed by atoms with Gasteiger partial charge in [0.15, 0.2) is 0 Å². The summed E-state index contributed by atoms with van der Waals surface area (Å²) in [5.41, 5.74) is 0.891. The molecule has 17 heavy (non-hydrogen) atoms. The van der Waals surface area contributed by atoms with Crippen LogP contribution in [0.5, 0.6) is 0 Å². The Kier molecular flexibility index (Phi) is 2.95. The number of rotatable bonds is 3. The van der Waals surface area contributed by atoms with Crippen molar-refractivity contribution in [2.75, 3.05) is 0 Å². The quantitative estimate of drug-likeness (QED) is 0.815. The topological polar surface area (TPSA) is 72.7 Å². The highest BCUT2D eigenvalue weighted by Crippen LogP contribution is 1.94. The van der Waals surface area contributed by atoms with E-state index in [0.717, 1.165) is 5.56 Å². The molecule has 0 unspecified atom stereocenters. The van der Waals surface area contributed by atoms with Crippen LogP contribution in [0.15, 0.2) is 28.2 Å². The third-order valence-corrected chi connectivity index (χ3v) is 2.52. The lowest BCUT2D eigenvalue weighted by molar-refractivity contribution is 0.514. The van der Waals surface area contributed by atoms with Crippen molar-refractivity contribution in [3.8, 4) is 0 Å². The summed E-state index contributed by atoms with van der Waals surface area (Å²) in [5, 5.41) is 4.13. The van der Waals surface area contributed by atoms with Gasteiger partial charge in [-0.25, -0.2) is 4.79 Å². The highest BCUT2D eigenvalue weighted by atomic mass is 16.2. The fraction of sp³-hybridized carbons (Fsp3) is 0.364. The molecule has 0 amide bonds. The zero-order chi connectivity index (χ0) is 12.4. The molecule has 2 aromatic heterocycles. The van der Waals surface area contributed by atoms with Crippen LogP contribution in [0.4, 0.5) is 0 Å². The van der Waals surface area contributed by atoms with Crippen LogP contribution in [-0.2, 0) is 13.1 Å². The van der Waals surface area contributed by atoms with Crippen LogP contribution in [0.25, 0.3) is 0 Å². The molecule has 1 N–H and O–H groups in total. The zero-order valence-electron chi connectivity index (χ0n) is 9.80. The minimum Gasteiger partial charge on any atom is -0.298 e. The van der Waals surface area contributed by atoms with Gasteiger partial charge >= 0.3 is 5.69 Å². The first-order chi connectivity index (χ1) is 8.06.